The quantitative estimate of drug-likeness (QED) is 0.904. The molecule has 1 aliphatic rings. The predicted molar refractivity (Wildman–Crippen MR) is 77.5 cm³/mol. The van der Waals surface area contributed by atoms with Crippen molar-refractivity contribution in [2.45, 2.75) is 32.2 Å². The number of nitrogens with zero attached hydrogens (tertiary/aromatic N) is 1. The predicted octanol–water partition coefficient (Wildman–Crippen LogP) is 3.19. The van der Waals surface area contributed by atoms with Crippen LogP contribution in [0.2, 0.25) is 0 Å². The summed E-state index contributed by atoms with van der Waals surface area (Å²) in [6, 6.07) is 7.24. The molecule has 1 saturated carbocycles. The highest BCUT2D eigenvalue weighted by molar-refractivity contribution is 9.10. The molecule has 0 spiro atoms. The van der Waals surface area contributed by atoms with Crippen molar-refractivity contribution in [2.24, 2.45) is 11.7 Å². The lowest BCUT2D eigenvalue weighted by Crippen LogP contribution is -2.30. The monoisotopic (exact) mass is 296 g/mol. The molecule has 1 atom stereocenters. The third-order valence-corrected chi connectivity index (χ3v) is 4.51. The highest BCUT2D eigenvalue weighted by Crippen LogP contribution is 2.36. The van der Waals surface area contributed by atoms with Gasteiger partial charge in [-0.05, 0) is 56.3 Å². The summed E-state index contributed by atoms with van der Waals surface area (Å²) >= 11 is 3.64. The molecule has 0 bridgehead atoms. The topological polar surface area (TPSA) is 29.3 Å². The Hall–Kier alpha value is -0.540. The summed E-state index contributed by atoms with van der Waals surface area (Å²) in [6.45, 7) is 3.02. The largest absolute Gasteiger partial charge is 0.372 e. The Labute approximate surface area is 112 Å². The molecular formula is C14H21BrN2. The van der Waals surface area contributed by atoms with E-state index in [1.165, 1.54) is 28.6 Å². The van der Waals surface area contributed by atoms with E-state index >= 15 is 0 Å². The van der Waals surface area contributed by atoms with Crippen molar-refractivity contribution < 1.29 is 0 Å². The molecule has 0 heterocycles. The average molecular weight is 297 g/mol. The van der Waals surface area contributed by atoms with E-state index in [4.69, 9.17) is 5.73 Å². The molecule has 0 amide bonds. The second-order valence-corrected chi connectivity index (χ2v) is 5.86. The van der Waals surface area contributed by atoms with Crippen LogP contribution < -0.4 is 10.6 Å². The molecular weight excluding hydrogens is 276 g/mol. The van der Waals surface area contributed by atoms with Gasteiger partial charge >= 0.3 is 0 Å². The van der Waals surface area contributed by atoms with Crippen molar-refractivity contribution in [3.63, 3.8) is 0 Å². The summed E-state index contributed by atoms with van der Waals surface area (Å²) in [4.78, 5) is 2.38. The Morgan fingerprint density at radius 2 is 2.18 bits per heavy atom. The smallest absolute Gasteiger partial charge is 0.0377 e. The fourth-order valence-corrected chi connectivity index (χ4v) is 2.81. The van der Waals surface area contributed by atoms with Crippen molar-refractivity contribution in [1.29, 1.82) is 0 Å². The molecule has 2 rings (SSSR count). The highest BCUT2D eigenvalue weighted by Gasteiger charge is 2.30. The first-order valence-corrected chi connectivity index (χ1v) is 7.14. The highest BCUT2D eigenvalue weighted by atomic mass is 79.9. The molecule has 0 aliphatic heterocycles. The van der Waals surface area contributed by atoms with Crippen LogP contribution in [0.1, 0.15) is 25.3 Å². The van der Waals surface area contributed by atoms with Gasteiger partial charge in [0, 0.05) is 23.2 Å². The first-order valence-electron chi connectivity index (χ1n) is 6.35. The van der Waals surface area contributed by atoms with E-state index in [-0.39, 0.29) is 0 Å². The van der Waals surface area contributed by atoms with Gasteiger partial charge in [-0.15, -0.1) is 0 Å². The second-order valence-electron chi connectivity index (χ2n) is 5.00. The van der Waals surface area contributed by atoms with E-state index in [2.05, 4.69) is 53.0 Å². The molecule has 1 unspecified atom stereocenters. The molecule has 2 N–H and O–H groups in total. The van der Waals surface area contributed by atoms with Gasteiger partial charge in [-0.25, -0.2) is 0 Å². The van der Waals surface area contributed by atoms with Gasteiger partial charge in [0.15, 0.2) is 0 Å². The minimum Gasteiger partial charge on any atom is -0.372 e. The second kappa shape index (κ2) is 5.40. The Kier molecular flexibility index (Phi) is 4.10. The summed E-state index contributed by atoms with van der Waals surface area (Å²) in [7, 11) is 2.19. The molecule has 3 heteroatoms. The normalized spacial score (nSPS) is 16.9. The van der Waals surface area contributed by atoms with Crippen LogP contribution in [0.3, 0.4) is 0 Å². The molecule has 0 radical (unpaired) electrons. The van der Waals surface area contributed by atoms with Gasteiger partial charge in [0.05, 0.1) is 0 Å². The first-order chi connectivity index (χ1) is 8.13. The average Bonchev–Trinajstić information content (AvgIpc) is 3.14. The Balaban J connectivity index is 2.12. The number of rotatable bonds is 5. The minimum atomic E-state index is 0.641. The summed E-state index contributed by atoms with van der Waals surface area (Å²) in [5.74, 6) is 0.891. The molecule has 17 heavy (non-hydrogen) atoms. The van der Waals surface area contributed by atoms with E-state index < -0.39 is 0 Å². The minimum absolute atomic E-state index is 0.641. The number of anilines is 1. The molecule has 1 aliphatic carbocycles. The van der Waals surface area contributed by atoms with Crippen LogP contribution >= 0.6 is 15.9 Å². The van der Waals surface area contributed by atoms with Crippen LogP contribution in [0.4, 0.5) is 5.69 Å². The zero-order valence-electron chi connectivity index (χ0n) is 10.6. The van der Waals surface area contributed by atoms with Crippen LogP contribution in [0, 0.1) is 5.92 Å². The summed E-state index contributed by atoms with van der Waals surface area (Å²) in [6.07, 6.45) is 3.71. The van der Waals surface area contributed by atoms with Gasteiger partial charge in [0.1, 0.15) is 0 Å². The third-order valence-electron chi connectivity index (χ3n) is 3.77. The zero-order chi connectivity index (χ0) is 12.4. The van der Waals surface area contributed by atoms with Crippen molar-refractivity contribution in [1.82, 2.24) is 0 Å². The van der Waals surface area contributed by atoms with Crippen LogP contribution in [-0.4, -0.2) is 19.6 Å². The molecule has 2 nitrogen and oxygen atoms in total. The van der Waals surface area contributed by atoms with Crippen LogP contribution in [0.15, 0.2) is 22.7 Å². The van der Waals surface area contributed by atoms with Gasteiger partial charge in [-0.3, -0.25) is 0 Å². The zero-order valence-corrected chi connectivity index (χ0v) is 12.2. The van der Waals surface area contributed by atoms with Crippen molar-refractivity contribution in [2.75, 3.05) is 18.5 Å². The fraction of sp³-hybridized carbons (Fsp3) is 0.571. The maximum absolute atomic E-state index is 5.59. The van der Waals surface area contributed by atoms with Crippen LogP contribution in [-0.2, 0) is 6.42 Å². The van der Waals surface area contributed by atoms with E-state index in [0.29, 0.717) is 12.6 Å². The Bertz CT molecular complexity index is 388. The molecule has 1 fully saturated rings. The van der Waals surface area contributed by atoms with Crippen LogP contribution in [0.5, 0.6) is 0 Å². The van der Waals surface area contributed by atoms with Gasteiger partial charge in [0.2, 0.25) is 0 Å². The molecule has 0 aromatic heterocycles. The lowest BCUT2D eigenvalue weighted by Gasteiger charge is -2.27. The number of halogens is 1. The maximum Gasteiger partial charge on any atom is 0.0377 e. The Morgan fingerprint density at radius 1 is 1.47 bits per heavy atom. The van der Waals surface area contributed by atoms with Crippen molar-refractivity contribution in [3.05, 3.63) is 28.2 Å². The van der Waals surface area contributed by atoms with Gasteiger partial charge < -0.3 is 10.6 Å². The van der Waals surface area contributed by atoms with Crippen molar-refractivity contribution in [3.8, 4) is 0 Å². The fourth-order valence-electron chi connectivity index (χ4n) is 2.24. The summed E-state index contributed by atoms with van der Waals surface area (Å²) in [5.41, 5.74) is 8.18. The molecule has 0 saturated heterocycles. The number of nitrogens with two attached hydrogens (primary N) is 1. The Morgan fingerprint density at radius 3 is 2.71 bits per heavy atom. The van der Waals surface area contributed by atoms with Crippen molar-refractivity contribution >= 4 is 21.6 Å². The van der Waals surface area contributed by atoms with E-state index in [0.717, 1.165) is 12.3 Å². The SMILES string of the molecule is CC(C1CC1)N(C)c1ccc(CCN)c(Br)c1. The summed E-state index contributed by atoms with van der Waals surface area (Å²) < 4.78 is 1.18. The number of hydrogen-bond donors (Lipinski definition) is 1. The van der Waals surface area contributed by atoms with Gasteiger partial charge in [-0.1, -0.05) is 22.0 Å². The lowest BCUT2D eigenvalue weighted by atomic mass is 10.1. The number of benzene rings is 1. The summed E-state index contributed by atoms with van der Waals surface area (Å²) in [5, 5.41) is 0. The van der Waals surface area contributed by atoms with Gasteiger partial charge in [-0.2, -0.15) is 0 Å². The van der Waals surface area contributed by atoms with Gasteiger partial charge in [0.25, 0.3) is 0 Å². The third kappa shape index (κ3) is 3.02. The molecule has 94 valence electrons. The lowest BCUT2D eigenvalue weighted by molar-refractivity contribution is 0.609. The maximum atomic E-state index is 5.59. The van der Waals surface area contributed by atoms with E-state index in [1.807, 2.05) is 0 Å². The standard InChI is InChI=1S/C14H21BrN2/c1-10(11-3-4-11)17(2)13-6-5-12(7-8-16)14(15)9-13/h5-6,9-11H,3-4,7-8,16H2,1-2H3. The number of hydrogen-bond acceptors (Lipinski definition) is 2. The molecule has 1 aromatic carbocycles. The van der Waals surface area contributed by atoms with E-state index in [9.17, 15) is 0 Å². The van der Waals surface area contributed by atoms with E-state index in [1.54, 1.807) is 0 Å². The van der Waals surface area contributed by atoms with Crippen LogP contribution in [0.25, 0.3) is 0 Å². The molecule has 1 aromatic rings. The first kappa shape index (κ1) is 12.9.